The molecule has 2 aliphatic rings. The van der Waals surface area contributed by atoms with E-state index in [0.717, 1.165) is 12.0 Å². The molecular weight excluding hydrogens is 294 g/mol. The van der Waals surface area contributed by atoms with Gasteiger partial charge >= 0.3 is 0 Å². The van der Waals surface area contributed by atoms with Gasteiger partial charge in [0.1, 0.15) is 0 Å². The van der Waals surface area contributed by atoms with Crippen molar-refractivity contribution in [2.45, 2.75) is 42.6 Å². The third-order valence-electron chi connectivity index (χ3n) is 5.19. The molecule has 0 spiro atoms. The van der Waals surface area contributed by atoms with E-state index in [1.165, 1.54) is 5.56 Å². The minimum Gasteiger partial charge on any atom is -0.312 e. The van der Waals surface area contributed by atoms with Gasteiger partial charge in [0, 0.05) is 49.2 Å². The van der Waals surface area contributed by atoms with E-state index in [9.17, 15) is 8.78 Å². The van der Waals surface area contributed by atoms with Crippen molar-refractivity contribution < 1.29 is 8.78 Å². The van der Waals surface area contributed by atoms with Gasteiger partial charge in [0.15, 0.2) is 0 Å². The van der Waals surface area contributed by atoms with Gasteiger partial charge in [-0.05, 0) is 23.6 Å². The summed E-state index contributed by atoms with van der Waals surface area (Å²) in [5, 5.41) is 3.52. The molecule has 2 saturated carbocycles. The van der Waals surface area contributed by atoms with E-state index in [-0.39, 0.29) is 12.8 Å². The molecule has 0 aliphatic heterocycles. The van der Waals surface area contributed by atoms with Crippen LogP contribution >= 0.6 is 0 Å². The van der Waals surface area contributed by atoms with E-state index >= 15 is 0 Å². The molecule has 120 valence electrons. The maximum absolute atomic E-state index is 13.6. The predicted molar refractivity (Wildman–Crippen MR) is 85.7 cm³/mol. The van der Waals surface area contributed by atoms with Crippen molar-refractivity contribution in [1.29, 1.82) is 0 Å². The Hall–Kier alpha value is -1.81. The second-order valence-corrected chi connectivity index (χ2v) is 6.97. The number of alkyl halides is 2. The molecule has 0 unspecified atom stereocenters. The fourth-order valence-electron chi connectivity index (χ4n) is 3.86. The van der Waals surface area contributed by atoms with E-state index in [0.29, 0.717) is 18.5 Å². The molecule has 2 atom stereocenters. The summed E-state index contributed by atoms with van der Waals surface area (Å²) in [6.45, 7) is 0.599. The van der Waals surface area contributed by atoms with Crippen molar-refractivity contribution in [3.8, 4) is 0 Å². The maximum atomic E-state index is 13.6. The van der Waals surface area contributed by atoms with Crippen LogP contribution in [0.1, 0.15) is 36.3 Å². The summed E-state index contributed by atoms with van der Waals surface area (Å²) in [7, 11) is 0. The lowest BCUT2D eigenvalue weighted by Crippen LogP contribution is -2.55. The zero-order valence-electron chi connectivity index (χ0n) is 12.9. The van der Waals surface area contributed by atoms with Crippen LogP contribution in [0.3, 0.4) is 0 Å². The first-order chi connectivity index (χ1) is 11.1. The van der Waals surface area contributed by atoms with Gasteiger partial charge in [0.2, 0.25) is 5.92 Å². The van der Waals surface area contributed by atoms with Gasteiger partial charge in [-0.15, -0.1) is 0 Å². The Labute approximate surface area is 134 Å². The first kappa shape index (κ1) is 14.8. The van der Waals surface area contributed by atoms with Crippen LogP contribution in [0, 0.1) is 0 Å². The summed E-state index contributed by atoms with van der Waals surface area (Å²) in [6.07, 6.45) is 4.35. The number of aromatic nitrogens is 1. The molecule has 2 aliphatic carbocycles. The highest BCUT2D eigenvalue weighted by Gasteiger charge is 2.57. The molecule has 0 saturated heterocycles. The fourth-order valence-corrected chi connectivity index (χ4v) is 3.86. The summed E-state index contributed by atoms with van der Waals surface area (Å²) in [5.74, 6) is -2.03. The molecule has 2 fully saturated rings. The quantitative estimate of drug-likeness (QED) is 0.905. The van der Waals surface area contributed by atoms with E-state index in [4.69, 9.17) is 0 Å². The van der Waals surface area contributed by atoms with Gasteiger partial charge in [-0.1, -0.05) is 36.4 Å². The van der Waals surface area contributed by atoms with E-state index < -0.39 is 11.3 Å². The summed E-state index contributed by atoms with van der Waals surface area (Å²) >= 11 is 0. The third-order valence-corrected chi connectivity index (χ3v) is 5.19. The molecule has 2 nitrogen and oxygen atoms in total. The number of hydrogen-bond donors (Lipinski definition) is 1. The monoisotopic (exact) mass is 314 g/mol. The van der Waals surface area contributed by atoms with Crippen molar-refractivity contribution in [3.63, 3.8) is 0 Å². The Morgan fingerprint density at radius 2 is 1.87 bits per heavy atom. The van der Waals surface area contributed by atoms with Crippen LogP contribution in [0.5, 0.6) is 0 Å². The molecule has 0 radical (unpaired) electrons. The molecule has 1 aromatic carbocycles. The smallest absolute Gasteiger partial charge is 0.250 e. The highest BCUT2D eigenvalue weighted by molar-refractivity contribution is 5.31. The topological polar surface area (TPSA) is 24.9 Å². The normalized spacial score (nSPS) is 27.2. The van der Waals surface area contributed by atoms with Crippen LogP contribution in [0.4, 0.5) is 8.78 Å². The van der Waals surface area contributed by atoms with Crippen LogP contribution in [-0.4, -0.2) is 23.5 Å². The van der Waals surface area contributed by atoms with Gasteiger partial charge < -0.3 is 5.32 Å². The number of hydrogen-bond acceptors (Lipinski definition) is 2. The van der Waals surface area contributed by atoms with Crippen molar-refractivity contribution in [1.82, 2.24) is 10.3 Å². The van der Waals surface area contributed by atoms with Crippen LogP contribution in [0.15, 0.2) is 54.9 Å². The summed E-state index contributed by atoms with van der Waals surface area (Å²) in [5.41, 5.74) is 1.79. The lowest BCUT2D eigenvalue weighted by molar-refractivity contribution is -0.126. The minimum absolute atomic E-state index is 0.0819. The molecular formula is C19H20F2N2. The maximum Gasteiger partial charge on any atom is 0.250 e. The van der Waals surface area contributed by atoms with Crippen LogP contribution < -0.4 is 5.32 Å². The summed E-state index contributed by atoms with van der Waals surface area (Å²) in [4.78, 5) is 4.11. The molecule has 4 heteroatoms. The number of rotatable bonds is 5. The van der Waals surface area contributed by atoms with E-state index in [1.54, 1.807) is 12.4 Å². The largest absolute Gasteiger partial charge is 0.312 e. The van der Waals surface area contributed by atoms with Gasteiger partial charge in [-0.25, -0.2) is 8.78 Å². The molecule has 23 heavy (non-hydrogen) atoms. The second kappa shape index (κ2) is 5.38. The summed E-state index contributed by atoms with van der Waals surface area (Å²) in [6, 6.07) is 14.6. The minimum atomic E-state index is -2.54. The zero-order chi connectivity index (χ0) is 15.9. The number of nitrogens with zero attached hydrogens (tertiary/aromatic N) is 1. The number of halogens is 2. The Balaban J connectivity index is 1.43. The lowest BCUT2D eigenvalue weighted by atomic mass is 9.62. The van der Waals surface area contributed by atoms with Gasteiger partial charge in [-0.2, -0.15) is 0 Å². The number of nitrogens with one attached hydrogen (secondary N) is 1. The third kappa shape index (κ3) is 2.88. The van der Waals surface area contributed by atoms with Crippen molar-refractivity contribution in [2.24, 2.45) is 0 Å². The lowest BCUT2D eigenvalue weighted by Gasteiger charge is -2.48. The Morgan fingerprint density at radius 3 is 2.52 bits per heavy atom. The van der Waals surface area contributed by atoms with Gasteiger partial charge in [0.25, 0.3) is 0 Å². The molecule has 2 aromatic rings. The molecule has 0 bridgehead atoms. The average molecular weight is 314 g/mol. The molecule has 1 aromatic heterocycles. The average Bonchev–Trinajstić information content (AvgIpc) is 3.32. The SMILES string of the molecule is FC1(F)CC(CN[C@H]2C[C@@H]2c2ccccc2)(c2cccnc2)C1. The van der Waals surface area contributed by atoms with E-state index in [1.807, 2.05) is 30.3 Å². The van der Waals surface area contributed by atoms with Crippen molar-refractivity contribution in [3.05, 3.63) is 66.0 Å². The first-order valence-electron chi connectivity index (χ1n) is 8.15. The van der Waals surface area contributed by atoms with Gasteiger partial charge in [0.05, 0.1) is 0 Å². The molecule has 4 rings (SSSR count). The molecule has 0 amide bonds. The van der Waals surface area contributed by atoms with Crippen LogP contribution in [0.25, 0.3) is 0 Å². The van der Waals surface area contributed by atoms with E-state index in [2.05, 4.69) is 22.4 Å². The molecule has 1 N–H and O–H groups in total. The van der Waals surface area contributed by atoms with Gasteiger partial charge in [-0.3, -0.25) is 4.98 Å². The standard InChI is InChI=1S/C19H20F2N2/c20-19(21)11-18(12-19,15-7-4-8-22-10-15)13-23-17-9-16(17)14-5-2-1-3-6-14/h1-8,10,16-17,23H,9,11-13H2/t16-,17+/m1/s1. The number of benzene rings is 1. The predicted octanol–water partition coefficient (Wildman–Crippen LogP) is 3.89. The first-order valence-corrected chi connectivity index (χ1v) is 8.15. The zero-order valence-corrected chi connectivity index (χ0v) is 12.9. The molecule has 1 heterocycles. The Morgan fingerprint density at radius 1 is 1.09 bits per heavy atom. The summed E-state index contributed by atoms with van der Waals surface area (Å²) < 4.78 is 27.1. The van der Waals surface area contributed by atoms with Crippen LogP contribution in [0.2, 0.25) is 0 Å². The van der Waals surface area contributed by atoms with Crippen molar-refractivity contribution in [2.75, 3.05) is 6.54 Å². The van der Waals surface area contributed by atoms with Crippen LogP contribution in [-0.2, 0) is 5.41 Å². The van der Waals surface area contributed by atoms with Crippen molar-refractivity contribution >= 4 is 0 Å². The highest BCUT2D eigenvalue weighted by atomic mass is 19.3. The fraction of sp³-hybridized carbons (Fsp3) is 0.421. The highest BCUT2D eigenvalue weighted by Crippen LogP contribution is 2.53. The Bertz CT molecular complexity index is 664. The Kier molecular flexibility index (Phi) is 3.45. The second-order valence-electron chi connectivity index (χ2n) is 6.97. The number of pyridine rings is 1.